The third-order valence-electron chi connectivity index (χ3n) is 3.45. The van der Waals surface area contributed by atoms with Crippen molar-refractivity contribution in [2.45, 2.75) is 27.7 Å². The molecular weight excluding hydrogens is 348 g/mol. The molecule has 4 nitrogen and oxygen atoms in total. The third-order valence-corrected chi connectivity index (χ3v) is 4.02. The number of benzene rings is 2. The molecule has 1 N–H and O–H groups in total. The molecule has 2 aromatic rings. The monoisotopic (exact) mass is 374 g/mol. The van der Waals surface area contributed by atoms with Crippen molar-refractivity contribution >= 4 is 23.7 Å². The minimum absolute atomic E-state index is 0.226. The van der Waals surface area contributed by atoms with Gasteiger partial charge in [0.15, 0.2) is 0 Å². The smallest absolute Gasteiger partial charge is 0.338 e. The number of thioether (sulfide) groups is 1. The lowest BCUT2D eigenvalue weighted by Crippen LogP contribution is -2.08. The molecule has 0 heterocycles. The molecule has 0 aliphatic carbocycles. The molecule has 26 heavy (non-hydrogen) atoms. The Labute approximate surface area is 159 Å². The Balaban J connectivity index is 0.000000273. The van der Waals surface area contributed by atoms with Crippen molar-refractivity contribution in [1.82, 2.24) is 0 Å². The van der Waals surface area contributed by atoms with E-state index in [1.165, 1.54) is 0 Å². The summed E-state index contributed by atoms with van der Waals surface area (Å²) in [6.07, 6.45) is 1.99. The fourth-order valence-electron chi connectivity index (χ4n) is 2.49. The summed E-state index contributed by atoms with van der Waals surface area (Å²) >= 11 is 1.67. The maximum atomic E-state index is 11.6. The van der Waals surface area contributed by atoms with E-state index in [0.717, 1.165) is 28.0 Å². The summed E-state index contributed by atoms with van der Waals surface area (Å²) in [5, 5.41) is 8.63. The third kappa shape index (κ3) is 7.74. The Morgan fingerprint density at radius 2 is 1.27 bits per heavy atom. The van der Waals surface area contributed by atoms with Gasteiger partial charge in [0.1, 0.15) is 6.61 Å². The lowest BCUT2D eigenvalue weighted by Gasteiger charge is -2.05. The van der Waals surface area contributed by atoms with E-state index < -0.39 is 5.97 Å². The molecule has 0 atom stereocenters. The second-order valence-corrected chi connectivity index (χ2v) is 7.17. The first-order valence-electron chi connectivity index (χ1n) is 8.29. The van der Waals surface area contributed by atoms with Crippen molar-refractivity contribution < 1.29 is 19.4 Å². The van der Waals surface area contributed by atoms with Crippen LogP contribution >= 0.6 is 11.8 Å². The predicted octanol–water partition coefficient (Wildman–Crippen LogP) is 4.82. The van der Waals surface area contributed by atoms with E-state index in [4.69, 9.17) is 9.84 Å². The molecule has 0 amide bonds. The summed E-state index contributed by atoms with van der Waals surface area (Å²) in [5.74, 6) is -0.246. The molecule has 0 spiro atoms. The van der Waals surface area contributed by atoms with E-state index in [9.17, 15) is 9.59 Å². The average molecular weight is 375 g/mol. The number of carboxylic acid groups (broad SMARTS) is 1. The highest BCUT2D eigenvalue weighted by molar-refractivity contribution is 7.98. The molecule has 0 fully saturated rings. The van der Waals surface area contributed by atoms with Crippen LogP contribution in [0, 0.1) is 27.7 Å². The molecule has 0 radical (unpaired) electrons. The number of ether oxygens (including phenoxy) is 1. The zero-order chi connectivity index (χ0) is 19.7. The Morgan fingerprint density at radius 3 is 1.65 bits per heavy atom. The van der Waals surface area contributed by atoms with Gasteiger partial charge in [-0.1, -0.05) is 34.4 Å². The fraction of sp³-hybridized carbons (Fsp3) is 0.333. The zero-order valence-corrected chi connectivity index (χ0v) is 16.8. The minimum atomic E-state index is -0.864. The normalized spacial score (nSPS) is 9.88. The Kier molecular flexibility index (Phi) is 8.93. The summed E-state index contributed by atoms with van der Waals surface area (Å²) in [7, 11) is 0. The van der Waals surface area contributed by atoms with Gasteiger partial charge in [0.2, 0.25) is 0 Å². The van der Waals surface area contributed by atoms with Crippen LogP contribution in [0.25, 0.3) is 0 Å². The molecule has 0 unspecified atom stereocenters. The van der Waals surface area contributed by atoms with Crippen molar-refractivity contribution in [3.05, 3.63) is 69.8 Å². The van der Waals surface area contributed by atoms with Gasteiger partial charge in [-0.25, -0.2) is 9.59 Å². The van der Waals surface area contributed by atoms with Crippen molar-refractivity contribution in [1.29, 1.82) is 0 Å². The van der Waals surface area contributed by atoms with Crippen LogP contribution in [0.3, 0.4) is 0 Å². The molecule has 0 saturated heterocycles. The number of carbonyl (C=O) groups excluding carboxylic acids is 1. The first-order valence-corrected chi connectivity index (χ1v) is 9.68. The number of esters is 1. The van der Waals surface area contributed by atoms with Crippen LogP contribution in [0.1, 0.15) is 43.0 Å². The number of hydrogen-bond acceptors (Lipinski definition) is 4. The molecule has 5 heteroatoms. The molecular formula is C21H26O4S. The highest BCUT2D eigenvalue weighted by Crippen LogP contribution is 2.10. The number of hydrogen-bond donors (Lipinski definition) is 1. The van der Waals surface area contributed by atoms with Crippen molar-refractivity contribution in [3.8, 4) is 0 Å². The van der Waals surface area contributed by atoms with Crippen molar-refractivity contribution in [2.24, 2.45) is 0 Å². The summed E-state index contributed by atoms with van der Waals surface area (Å²) in [4.78, 5) is 22.1. The maximum Gasteiger partial charge on any atom is 0.338 e. The molecule has 0 aliphatic rings. The van der Waals surface area contributed by atoms with Gasteiger partial charge in [-0.3, -0.25) is 0 Å². The quantitative estimate of drug-likeness (QED) is 0.600. The molecule has 2 rings (SSSR count). The van der Waals surface area contributed by atoms with Crippen LogP contribution in [0.2, 0.25) is 0 Å². The molecule has 0 aromatic heterocycles. The lowest BCUT2D eigenvalue weighted by atomic mass is 10.1. The van der Waals surface area contributed by atoms with Gasteiger partial charge in [-0.15, -0.1) is 0 Å². The predicted molar refractivity (Wildman–Crippen MR) is 107 cm³/mol. The van der Waals surface area contributed by atoms with Gasteiger partial charge in [0.05, 0.1) is 11.1 Å². The first kappa shape index (κ1) is 21.8. The summed E-state index contributed by atoms with van der Waals surface area (Å²) in [5.41, 5.74) is 5.17. The summed E-state index contributed by atoms with van der Waals surface area (Å²) in [6, 6.07) is 11.0. The van der Waals surface area contributed by atoms with E-state index in [0.29, 0.717) is 17.7 Å². The largest absolute Gasteiger partial charge is 0.478 e. The molecule has 0 bridgehead atoms. The number of aromatic carboxylic acids is 1. The second-order valence-electron chi connectivity index (χ2n) is 6.19. The van der Waals surface area contributed by atoms with Gasteiger partial charge >= 0.3 is 11.9 Å². The van der Waals surface area contributed by atoms with Crippen LogP contribution < -0.4 is 0 Å². The van der Waals surface area contributed by atoms with E-state index in [2.05, 4.69) is 0 Å². The molecule has 2 aromatic carbocycles. The molecule has 140 valence electrons. The van der Waals surface area contributed by atoms with Gasteiger partial charge in [0, 0.05) is 5.75 Å². The maximum absolute atomic E-state index is 11.6. The fourth-order valence-corrected chi connectivity index (χ4v) is 2.74. The van der Waals surface area contributed by atoms with Gasteiger partial charge in [0.25, 0.3) is 0 Å². The Hall–Kier alpha value is -2.27. The number of carbonyl (C=O) groups is 2. The summed E-state index contributed by atoms with van der Waals surface area (Å²) < 4.78 is 5.12. The Morgan fingerprint density at radius 1 is 0.846 bits per heavy atom. The molecule has 0 aliphatic heterocycles. The SMILES string of the molecule is CSCCOC(=O)c1cc(C)cc(C)c1.Cc1cc(C)cc(C(=O)O)c1. The van der Waals surface area contributed by atoms with E-state index >= 15 is 0 Å². The number of aryl methyl sites for hydroxylation is 4. The van der Waals surface area contributed by atoms with Crippen LogP contribution in [0.4, 0.5) is 0 Å². The zero-order valence-electron chi connectivity index (χ0n) is 16.0. The Bertz CT molecular complexity index is 728. The number of rotatable bonds is 5. The second kappa shape index (κ2) is 10.7. The van der Waals surface area contributed by atoms with Gasteiger partial charge in [-0.2, -0.15) is 11.8 Å². The van der Waals surface area contributed by atoms with E-state index in [1.807, 2.05) is 58.2 Å². The van der Waals surface area contributed by atoms with Gasteiger partial charge < -0.3 is 9.84 Å². The minimum Gasteiger partial charge on any atom is -0.478 e. The lowest BCUT2D eigenvalue weighted by molar-refractivity contribution is 0.0529. The first-order chi connectivity index (χ1) is 12.2. The average Bonchev–Trinajstić information content (AvgIpc) is 2.53. The standard InChI is InChI=1S/C12H16O2S.C9H10O2/c1-9-6-10(2)8-11(7-9)12(13)14-4-5-15-3;1-6-3-7(2)5-8(4-6)9(10)11/h6-8H,4-5H2,1-3H3;3-5H,1-2H3,(H,10,11). The number of carboxylic acids is 1. The van der Waals surface area contributed by atoms with E-state index in [1.54, 1.807) is 23.9 Å². The van der Waals surface area contributed by atoms with Gasteiger partial charge in [-0.05, 0) is 58.2 Å². The summed E-state index contributed by atoms with van der Waals surface area (Å²) in [6.45, 7) is 8.21. The van der Waals surface area contributed by atoms with Crippen LogP contribution in [-0.2, 0) is 4.74 Å². The molecule has 0 saturated carbocycles. The van der Waals surface area contributed by atoms with Crippen LogP contribution in [-0.4, -0.2) is 35.7 Å². The van der Waals surface area contributed by atoms with Crippen LogP contribution in [0.5, 0.6) is 0 Å². The van der Waals surface area contributed by atoms with Crippen molar-refractivity contribution in [3.63, 3.8) is 0 Å². The highest BCUT2D eigenvalue weighted by Gasteiger charge is 2.07. The highest BCUT2D eigenvalue weighted by atomic mass is 32.2. The van der Waals surface area contributed by atoms with Crippen LogP contribution in [0.15, 0.2) is 36.4 Å². The van der Waals surface area contributed by atoms with E-state index in [-0.39, 0.29) is 5.97 Å². The van der Waals surface area contributed by atoms with Crippen molar-refractivity contribution in [2.75, 3.05) is 18.6 Å². The topological polar surface area (TPSA) is 63.6 Å².